The number of nitrogens with zero attached hydrogens (tertiary/aromatic N) is 4. The monoisotopic (exact) mass is 388 g/mol. The summed E-state index contributed by atoms with van der Waals surface area (Å²) in [6.45, 7) is 3.69. The van der Waals surface area contributed by atoms with Crippen molar-refractivity contribution in [2.45, 2.75) is 17.7 Å². The summed E-state index contributed by atoms with van der Waals surface area (Å²) in [5.41, 5.74) is 0.216. The number of aryl methyl sites for hydroxylation is 1. The number of thiophene rings is 1. The predicted octanol–water partition coefficient (Wildman–Crippen LogP) is 1.76. The Balaban J connectivity index is 1.69. The molecule has 0 aliphatic carbocycles. The molecule has 0 spiro atoms. The minimum atomic E-state index is -3.47. The molecule has 7 nitrogen and oxygen atoms in total. The number of rotatable bonds is 4. The van der Waals surface area contributed by atoms with Crippen LogP contribution < -0.4 is 0 Å². The summed E-state index contributed by atoms with van der Waals surface area (Å²) in [7, 11) is -3.47. The summed E-state index contributed by atoms with van der Waals surface area (Å²) in [4.78, 5) is 14.1. The lowest BCUT2D eigenvalue weighted by Crippen LogP contribution is -2.50. The second kappa shape index (κ2) is 6.83. The molecule has 10 heteroatoms. The number of carbonyl (C=O) groups excluding carboxylic acids is 1. The highest BCUT2D eigenvalue weighted by molar-refractivity contribution is 7.91. The van der Waals surface area contributed by atoms with Crippen LogP contribution in [0.5, 0.6) is 0 Å². The lowest BCUT2D eigenvalue weighted by Gasteiger charge is -2.33. The van der Waals surface area contributed by atoms with Gasteiger partial charge in [-0.1, -0.05) is 17.7 Å². The number of hydrogen-bond donors (Lipinski definition) is 0. The number of piperazine rings is 1. The Labute approximate surface area is 149 Å². The second-order valence-corrected chi connectivity index (χ2v) is 8.83. The van der Waals surface area contributed by atoms with Crippen LogP contribution in [0.4, 0.5) is 0 Å². The second-order valence-electron chi connectivity index (χ2n) is 5.31. The first-order chi connectivity index (χ1) is 11.4. The molecule has 0 bridgehead atoms. The number of aromatic nitrogens is 2. The van der Waals surface area contributed by atoms with Gasteiger partial charge in [0.15, 0.2) is 5.69 Å². The Morgan fingerprint density at radius 3 is 2.58 bits per heavy atom. The molecule has 2 aromatic heterocycles. The molecule has 24 heavy (non-hydrogen) atoms. The van der Waals surface area contributed by atoms with Crippen LogP contribution in [0.3, 0.4) is 0 Å². The summed E-state index contributed by atoms with van der Waals surface area (Å²) in [5, 5.41) is 6.23. The van der Waals surface area contributed by atoms with Crippen LogP contribution in [0.2, 0.25) is 5.02 Å². The molecule has 1 saturated heterocycles. The van der Waals surface area contributed by atoms with E-state index >= 15 is 0 Å². The zero-order valence-corrected chi connectivity index (χ0v) is 15.4. The van der Waals surface area contributed by atoms with E-state index in [1.54, 1.807) is 33.3 Å². The Bertz CT molecular complexity index is 824. The van der Waals surface area contributed by atoms with E-state index < -0.39 is 10.0 Å². The predicted molar refractivity (Wildman–Crippen MR) is 91.9 cm³/mol. The van der Waals surface area contributed by atoms with Gasteiger partial charge in [-0.15, -0.1) is 11.3 Å². The lowest BCUT2D eigenvalue weighted by atomic mass is 10.3. The molecule has 130 valence electrons. The minimum Gasteiger partial charge on any atom is -0.335 e. The van der Waals surface area contributed by atoms with Crippen LogP contribution in [-0.2, 0) is 16.6 Å². The number of amides is 1. The average Bonchev–Trinajstić information content (AvgIpc) is 3.24. The summed E-state index contributed by atoms with van der Waals surface area (Å²) in [5.74, 6) is -0.264. The topological polar surface area (TPSA) is 75.5 Å². The van der Waals surface area contributed by atoms with Crippen LogP contribution in [0, 0.1) is 0 Å². The lowest BCUT2D eigenvalue weighted by molar-refractivity contribution is 0.0691. The maximum atomic E-state index is 12.5. The third kappa shape index (κ3) is 3.21. The molecule has 2 aromatic rings. The fourth-order valence-electron chi connectivity index (χ4n) is 2.52. The van der Waals surface area contributed by atoms with Crippen LogP contribution in [0.25, 0.3) is 0 Å². The van der Waals surface area contributed by atoms with Crippen molar-refractivity contribution in [1.82, 2.24) is 19.0 Å². The standard InChI is InChI=1S/C14H17ClN4O3S2/c1-2-18-10-11(15)13(16-18)14(20)17-5-7-19(8-6-17)24(21,22)12-4-3-9-23-12/h3-4,9-10H,2,5-8H2,1H3. The molecule has 1 amide bonds. The molecule has 0 N–H and O–H groups in total. The van der Waals surface area contributed by atoms with Gasteiger partial charge in [-0.2, -0.15) is 9.40 Å². The van der Waals surface area contributed by atoms with Gasteiger partial charge in [0.25, 0.3) is 15.9 Å². The molecular weight excluding hydrogens is 372 g/mol. The van der Waals surface area contributed by atoms with E-state index in [-0.39, 0.29) is 24.7 Å². The minimum absolute atomic E-state index is 0.216. The first kappa shape index (κ1) is 17.4. The van der Waals surface area contributed by atoms with Gasteiger partial charge in [-0.25, -0.2) is 8.42 Å². The van der Waals surface area contributed by atoms with Gasteiger partial charge >= 0.3 is 0 Å². The first-order valence-electron chi connectivity index (χ1n) is 7.49. The van der Waals surface area contributed by atoms with E-state index in [2.05, 4.69) is 5.10 Å². The highest BCUT2D eigenvalue weighted by atomic mass is 35.5. The van der Waals surface area contributed by atoms with Gasteiger partial charge in [0.1, 0.15) is 4.21 Å². The summed E-state index contributed by atoms with van der Waals surface area (Å²) in [6, 6.07) is 3.30. The van der Waals surface area contributed by atoms with E-state index in [1.165, 1.54) is 15.6 Å². The molecule has 1 fully saturated rings. The van der Waals surface area contributed by atoms with Crippen LogP contribution in [0.15, 0.2) is 27.9 Å². The Hall–Kier alpha value is -1.42. The maximum absolute atomic E-state index is 12.5. The zero-order chi connectivity index (χ0) is 17.3. The van der Waals surface area contributed by atoms with Crippen LogP contribution in [0.1, 0.15) is 17.4 Å². The molecule has 0 radical (unpaired) electrons. The van der Waals surface area contributed by atoms with Gasteiger partial charge in [-0.3, -0.25) is 9.48 Å². The SMILES string of the molecule is CCn1cc(Cl)c(C(=O)N2CCN(S(=O)(=O)c3cccs3)CC2)n1. The molecule has 0 aromatic carbocycles. The van der Waals surface area contributed by atoms with Crippen molar-refractivity contribution in [1.29, 1.82) is 0 Å². The molecular formula is C14H17ClN4O3S2. The summed E-state index contributed by atoms with van der Waals surface area (Å²) in [6.07, 6.45) is 1.62. The van der Waals surface area contributed by atoms with Gasteiger partial charge in [0, 0.05) is 38.9 Å². The van der Waals surface area contributed by atoms with Crippen molar-refractivity contribution in [3.8, 4) is 0 Å². The Kier molecular flexibility index (Phi) is 4.95. The van der Waals surface area contributed by atoms with Gasteiger partial charge in [0.05, 0.1) is 5.02 Å². The van der Waals surface area contributed by atoms with Crippen LogP contribution >= 0.6 is 22.9 Å². The normalized spacial score (nSPS) is 16.5. The van der Waals surface area contributed by atoms with Crippen molar-refractivity contribution in [2.75, 3.05) is 26.2 Å². The zero-order valence-electron chi connectivity index (χ0n) is 13.1. The molecule has 0 unspecified atom stereocenters. The maximum Gasteiger partial charge on any atom is 0.276 e. The third-order valence-electron chi connectivity index (χ3n) is 3.86. The fourth-order valence-corrected chi connectivity index (χ4v) is 5.32. The van der Waals surface area contributed by atoms with E-state index in [0.29, 0.717) is 28.9 Å². The summed E-state index contributed by atoms with van der Waals surface area (Å²) >= 11 is 7.27. The van der Waals surface area contributed by atoms with Gasteiger partial charge in [0.2, 0.25) is 0 Å². The first-order valence-corrected chi connectivity index (χ1v) is 10.2. The highest BCUT2D eigenvalue weighted by Crippen LogP contribution is 2.23. The number of carbonyl (C=O) groups is 1. The molecule has 3 rings (SSSR count). The molecule has 3 heterocycles. The number of hydrogen-bond acceptors (Lipinski definition) is 5. The molecule has 0 saturated carbocycles. The molecule has 1 aliphatic rings. The van der Waals surface area contributed by atoms with Crippen molar-refractivity contribution in [3.63, 3.8) is 0 Å². The van der Waals surface area contributed by atoms with Crippen molar-refractivity contribution in [3.05, 3.63) is 34.4 Å². The third-order valence-corrected chi connectivity index (χ3v) is 7.41. The van der Waals surface area contributed by atoms with Gasteiger partial charge in [-0.05, 0) is 18.4 Å². The molecule has 1 aliphatic heterocycles. The quantitative estimate of drug-likeness (QED) is 0.799. The van der Waals surface area contributed by atoms with E-state index in [1.807, 2.05) is 6.92 Å². The van der Waals surface area contributed by atoms with E-state index in [9.17, 15) is 13.2 Å². The fraction of sp³-hybridized carbons (Fsp3) is 0.429. The number of sulfonamides is 1. The summed E-state index contributed by atoms with van der Waals surface area (Å²) < 4.78 is 28.3. The smallest absolute Gasteiger partial charge is 0.276 e. The van der Waals surface area contributed by atoms with E-state index in [0.717, 1.165) is 0 Å². The van der Waals surface area contributed by atoms with Crippen molar-refractivity contribution < 1.29 is 13.2 Å². The Morgan fingerprint density at radius 2 is 2.04 bits per heavy atom. The number of halogens is 1. The molecule has 0 atom stereocenters. The van der Waals surface area contributed by atoms with E-state index in [4.69, 9.17) is 11.6 Å². The van der Waals surface area contributed by atoms with Crippen molar-refractivity contribution >= 4 is 38.9 Å². The average molecular weight is 389 g/mol. The Morgan fingerprint density at radius 1 is 1.33 bits per heavy atom. The largest absolute Gasteiger partial charge is 0.335 e. The van der Waals surface area contributed by atoms with Crippen molar-refractivity contribution in [2.24, 2.45) is 0 Å². The van der Waals surface area contributed by atoms with Crippen LogP contribution in [-0.4, -0.2) is 59.5 Å². The van der Waals surface area contributed by atoms with Gasteiger partial charge < -0.3 is 4.90 Å². The highest BCUT2D eigenvalue weighted by Gasteiger charge is 2.32.